The molecule has 2 unspecified atom stereocenters. The highest BCUT2D eigenvalue weighted by Crippen LogP contribution is 2.22. The quantitative estimate of drug-likeness (QED) is 0.471. The van der Waals surface area contributed by atoms with E-state index in [1.807, 2.05) is 0 Å². The van der Waals surface area contributed by atoms with E-state index in [0.29, 0.717) is 6.54 Å². The van der Waals surface area contributed by atoms with E-state index in [9.17, 15) is 4.79 Å². The Morgan fingerprint density at radius 3 is 3.09 bits per heavy atom. The molecule has 4 nitrogen and oxygen atoms in total. The molecule has 0 bridgehead atoms. The predicted molar refractivity (Wildman–Crippen MR) is 39.2 cm³/mol. The zero-order chi connectivity index (χ0) is 7.73. The fourth-order valence-corrected chi connectivity index (χ4v) is 1.66. The van der Waals surface area contributed by atoms with Crippen LogP contribution >= 0.6 is 0 Å². The molecule has 4 heteroatoms. The Balaban J connectivity index is 2.01. The highest BCUT2D eigenvalue weighted by atomic mass is 16.5. The molecule has 11 heavy (non-hydrogen) atoms. The molecule has 2 fully saturated rings. The lowest BCUT2D eigenvalue weighted by Gasteiger charge is -2.21. The van der Waals surface area contributed by atoms with Gasteiger partial charge in [-0.05, 0) is 6.54 Å². The van der Waals surface area contributed by atoms with E-state index < -0.39 is 0 Å². The van der Waals surface area contributed by atoms with Crippen LogP contribution in [0.15, 0.2) is 0 Å². The lowest BCUT2D eigenvalue weighted by atomic mass is 10.2. The number of nitrogens with one attached hydrogen (secondary N) is 2. The highest BCUT2D eigenvalue weighted by molar-refractivity contribution is 5.57. The second kappa shape index (κ2) is 2.55. The summed E-state index contributed by atoms with van der Waals surface area (Å²) in [6, 6.07) is 0. The number of rotatable bonds is 1. The maximum absolute atomic E-state index is 10.4. The van der Waals surface area contributed by atoms with Crippen molar-refractivity contribution in [1.29, 1.82) is 0 Å². The van der Waals surface area contributed by atoms with Crippen LogP contribution in [-0.2, 0) is 9.53 Å². The minimum absolute atomic E-state index is 0.231. The van der Waals surface area contributed by atoms with Crippen LogP contribution in [-0.4, -0.2) is 37.7 Å². The SMILES string of the molecule is O=CC1CNC2(CCNC2)O1. The van der Waals surface area contributed by atoms with Crippen LogP contribution in [0.4, 0.5) is 0 Å². The van der Waals surface area contributed by atoms with Crippen LogP contribution in [0.1, 0.15) is 6.42 Å². The number of hydrogen-bond donors (Lipinski definition) is 2. The van der Waals surface area contributed by atoms with E-state index in [4.69, 9.17) is 4.74 Å². The van der Waals surface area contributed by atoms with Crippen molar-refractivity contribution in [3.05, 3.63) is 0 Å². The summed E-state index contributed by atoms with van der Waals surface area (Å²) in [5, 5.41) is 6.41. The molecule has 0 aromatic heterocycles. The molecule has 2 aliphatic heterocycles. The Hall–Kier alpha value is -0.450. The smallest absolute Gasteiger partial charge is 0.150 e. The van der Waals surface area contributed by atoms with Gasteiger partial charge in [0, 0.05) is 19.5 Å². The molecule has 1 spiro atoms. The summed E-state index contributed by atoms with van der Waals surface area (Å²) in [5.41, 5.74) is -0.231. The molecule has 2 heterocycles. The van der Waals surface area contributed by atoms with Gasteiger partial charge in [0.15, 0.2) is 0 Å². The predicted octanol–water partition coefficient (Wildman–Crippen LogP) is -1.14. The van der Waals surface area contributed by atoms with Gasteiger partial charge in [-0.1, -0.05) is 0 Å². The van der Waals surface area contributed by atoms with E-state index in [2.05, 4.69) is 10.6 Å². The van der Waals surface area contributed by atoms with Crippen LogP contribution < -0.4 is 10.6 Å². The summed E-state index contributed by atoms with van der Waals surface area (Å²) in [4.78, 5) is 10.4. The van der Waals surface area contributed by atoms with Crippen molar-refractivity contribution in [3.63, 3.8) is 0 Å². The zero-order valence-electron chi connectivity index (χ0n) is 6.30. The topological polar surface area (TPSA) is 50.4 Å². The molecule has 0 saturated carbocycles. The van der Waals surface area contributed by atoms with Gasteiger partial charge >= 0.3 is 0 Å². The van der Waals surface area contributed by atoms with Gasteiger partial charge in [0.2, 0.25) is 0 Å². The van der Waals surface area contributed by atoms with Crippen molar-refractivity contribution in [2.45, 2.75) is 18.2 Å². The fourth-order valence-electron chi connectivity index (χ4n) is 1.66. The van der Waals surface area contributed by atoms with E-state index in [1.54, 1.807) is 0 Å². The molecule has 2 rings (SSSR count). The Kier molecular flexibility index (Phi) is 1.67. The van der Waals surface area contributed by atoms with Gasteiger partial charge in [0.25, 0.3) is 0 Å². The molecular weight excluding hydrogens is 144 g/mol. The summed E-state index contributed by atoms with van der Waals surface area (Å²) < 4.78 is 5.52. The zero-order valence-corrected chi connectivity index (χ0v) is 6.30. The molecule has 0 aromatic carbocycles. The Morgan fingerprint density at radius 2 is 2.55 bits per heavy atom. The van der Waals surface area contributed by atoms with Gasteiger partial charge in [-0.2, -0.15) is 0 Å². The third-order valence-electron chi connectivity index (χ3n) is 2.27. The number of carbonyl (C=O) groups is 1. The van der Waals surface area contributed by atoms with Crippen LogP contribution in [0.3, 0.4) is 0 Å². The van der Waals surface area contributed by atoms with Gasteiger partial charge in [0.05, 0.1) is 0 Å². The fraction of sp³-hybridized carbons (Fsp3) is 0.857. The molecule has 0 aliphatic carbocycles. The van der Waals surface area contributed by atoms with Crippen molar-refractivity contribution in [1.82, 2.24) is 10.6 Å². The van der Waals surface area contributed by atoms with Crippen molar-refractivity contribution in [3.8, 4) is 0 Å². The molecule has 2 aliphatic rings. The standard InChI is InChI=1S/C7H12N2O2/c10-4-6-3-9-7(11-6)1-2-8-5-7/h4,6,8-9H,1-3,5H2. The summed E-state index contributed by atoms with van der Waals surface area (Å²) in [6.45, 7) is 2.45. The third-order valence-corrected chi connectivity index (χ3v) is 2.27. The largest absolute Gasteiger partial charge is 0.347 e. The van der Waals surface area contributed by atoms with Crippen molar-refractivity contribution >= 4 is 6.29 Å². The second-order valence-electron chi connectivity index (χ2n) is 3.09. The third kappa shape index (κ3) is 1.17. The van der Waals surface area contributed by atoms with Gasteiger partial charge in [-0.25, -0.2) is 0 Å². The summed E-state index contributed by atoms with van der Waals surface area (Å²) >= 11 is 0. The molecule has 2 saturated heterocycles. The van der Waals surface area contributed by atoms with Crippen molar-refractivity contribution < 1.29 is 9.53 Å². The van der Waals surface area contributed by atoms with E-state index in [1.165, 1.54) is 0 Å². The average molecular weight is 156 g/mol. The number of carbonyl (C=O) groups excluding carboxylic acids is 1. The van der Waals surface area contributed by atoms with Crippen LogP contribution in [0, 0.1) is 0 Å². The summed E-state index contributed by atoms with van der Waals surface area (Å²) in [6.07, 6.45) is 1.58. The van der Waals surface area contributed by atoms with Crippen molar-refractivity contribution in [2.75, 3.05) is 19.6 Å². The maximum atomic E-state index is 10.4. The lowest BCUT2D eigenvalue weighted by Crippen LogP contribution is -2.42. The molecule has 0 aromatic rings. The number of aldehydes is 1. The lowest BCUT2D eigenvalue weighted by molar-refractivity contribution is -0.121. The van der Waals surface area contributed by atoms with E-state index >= 15 is 0 Å². The average Bonchev–Trinajstić information content (AvgIpc) is 2.62. The minimum Gasteiger partial charge on any atom is -0.347 e. The molecule has 2 atom stereocenters. The molecule has 0 radical (unpaired) electrons. The molecule has 2 N–H and O–H groups in total. The monoisotopic (exact) mass is 156 g/mol. The number of hydrogen-bond acceptors (Lipinski definition) is 4. The first-order valence-electron chi connectivity index (χ1n) is 3.93. The van der Waals surface area contributed by atoms with Crippen LogP contribution in [0.25, 0.3) is 0 Å². The Morgan fingerprint density at radius 1 is 1.64 bits per heavy atom. The van der Waals surface area contributed by atoms with E-state index in [0.717, 1.165) is 25.8 Å². The first-order valence-corrected chi connectivity index (χ1v) is 3.93. The Bertz CT molecular complexity index is 166. The van der Waals surface area contributed by atoms with E-state index in [-0.39, 0.29) is 11.8 Å². The molecule has 62 valence electrons. The van der Waals surface area contributed by atoms with Gasteiger partial charge in [-0.3, -0.25) is 5.32 Å². The van der Waals surface area contributed by atoms with Gasteiger partial charge in [-0.15, -0.1) is 0 Å². The van der Waals surface area contributed by atoms with Crippen LogP contribution in [0.2, 0.25) is 0 Å². The Labute approximate surface area is 65.3 Å². The highest BCUT2D eigenvalue weighted by Gasteiger charge is 2.41. The van der Waals surface area contributed by atoms with Crippen molar-refractivity contribution in [2.24, 2.45) is 0 Å². The first-order chi connectivity index (χ1) is 5.35. The molecule has 0 amide bonds. The summed E-state index contributed by atoms with van der Waals surface area (Å²) in [7, 11) is 0. The van der Waals surface area contributed by atoms with Crippen LogP contribution in [0.5, 0.6) is 0 Å². The molecular formula is C7H12N2O2. The maximum Gasteiger partial charge on any atom is 0.150 e. The first kappa shape index (κ1) is 7.21. The van der Waals surface area contributed by atoms with Gasteiger partial charge in [0.1, 0.15) is 18.1 Å². The number of ether oxygens (including phenoxy) is 1. The normalized spacial score (nSPS) is 43.5. The minimum atomic E-state index is -0.241. The second-order valence-corrected chi connectivity index (χ2v) is 3.09. The van der Waals surface area contributed by atoms with Gasteiger partial charge < -0.3 is 14.8 Å². The summed E-state index contributed by atoms with van der Waals surface area (Å²) in [5.74, 6) is 0.